The number of nitrogens with one attached hydrogen (secondary N) is 1. The molecule has 0 spiro atoms. The number of halogens is 4. The molecule has 0 aliphatic carbocycles. The predicted octanol–water partition coefficient (Wildman–Crippen LogP) is 0.639. The van der Waals surface area contributed by atoms with Crippen molar-refractivity contribution in [3.8, 4) is 0 Å². The maximum Gasteiger partial charge on any atom is 0.406 e. The molecule has 0 saturated carbocycles. The van der Waals surface area contributed by atoms with Gasteiger partial charge in [0.2, 0.25) is 11.8 Å². The van der Waals surface area contributed by atoms with E-state index in [4.69, 9.17) is 0 Å². The zero-order valence-corrected chi connectivity index (χ0v) is 12.5. The summed E-state index contributed by atoms with van der Waals surface area (Å²) in [6.45, 7) is 2.27. The third-order valence-electron chi connectivity index (χ3n) is 3.61. The van der Waals surface area contributed by atoms with Gasteiger partial charge in [0.25, 0.3) is 0 Å². The molecule has 21 heavy (non-hydrogen) atoms. The lowest BCUT2D eigenvalue weighted by molar-refractivity contribution is -0.157. The van der Waals surface area contributed by atoms with Crippen LogP contribution in [0.5, 0.6) is 0 Å². The average Bonchev–Trinajstić information content (AvgIpc) is 2.68. The molecule has 1 N–H and O–H groups in total. The lowest BCUT2D eigenvalue weighted by Gasteiger charge is -2.33. The molecule has 5 nitrogen and oxygen atoms in total. The summed E-state index contributed by atoms with van der Waals surface area (Å²) in [6, 6.07) is 0.163. The van der Waals surface area contributed by atoms with Crippen LogP contribution in [0.25, 0.3) is 0 Å². The van der Waals surface area contributed by atoms with E-state index < -0.39 is 24.5 Å². The minimum Gasteiger partial charge on any atom is -0.340 e. The summed E-state index contributed by atoms with van der Waals surface area (Å²) in [7, 11) is 0. The Morgan fingerprint density at radius 1 is 1.38 bits per heavy atom. The van der Waals surface area contributed by atoms with Crippen molar-refractivity contribution in [2.75, 3.05) is 32.7 Å². The molecule has 2 aliphatic rings. The normalized spacial score (nSPS) is 26.8. The Labute approximate surface area is 127 Å². The largest absolute Gasteiger partial charge is 0.406 e. The molecule has 2 rings (SSSR count). The SMILES string of the molecule is CC1CN(C(=O)C2CC(=O)N(CC(F)(F)F)C2)CCN1.Cl. The van der Waals surface area contributed by atoms with Crippen molar-refractivity contribution in [1.29, 1.82) is 0 Å². The van der Waals surface area contributed by atoms with Crippen LogP contribution >= 0.6 is 12.4 Å². The van der Waals surface area contributed by atoms with Gasteiger partial charge in [-0.15, -0.1) is 12.4 Å². The standard InChI is InChI=1S/C12H18F3N3O2.ClH/c1-8-5-17(3-2-16-8)11(20)9-4-10(19)18(6-9)7-12(13,14)15;/h8-9,16H,2-7H2,1H3;1H. The fraction of sp³-hybridized carbons (Fsp3) is 0.833. The van der Waals surface area contributed by atoms with Crippen molar-refractivity contribution in [2.24, 2.45) is 5.92 Å². The molecule has 0 radical (unpaired) electrons. The summed E-state index contributed by atoms with van der Waals surface area (Å²) >= 11 is 0. The van der Waals surface area contributed by atoms with Gasteiger partial charge < -0.3 is 15.1 Å². The highest BCUT2D eigenvalue weighted by atomic mass is 35.5. The van der Waals surface area contributed by atoms with E-state index in [9.17, 15) is 22.8 Å². The van der Waals surface area contributed by atoms with Gasteiger partial charge >= 0.3 is 6.18 Å². The number of likely N-dealkylation sites (tertiary alicyclic amines) is 1. The van der Waals surface area contributed by atoms with Gasteiger partial charge in [0.05, 0.1) is 5.92 Å². The molecule has 0 aromatic heterocycles. The molecule has 2 aliphatic heterocycles. The summed E-state index contributed by atoms with van der Waals surface area (Å²) in [5.41, 5.74) is 0. The van der Waals surface area contributed by atoms with Crippen molar-refractivity contribution in [3.05, 3.63) is 0 Å². The zero-order valence-electron chi connectivity index (χ0n) is 11.7. The molecule has 2 fully saturated rings. The van der Waals surface area contributed by atoms with Crippen LogP contribution < -0.4 is 5.32 Å². The van der Waals surface area contributed by atoms with E-state index >= 15 is 0 Å². The molecule has 2 unspecified atom stereocenters. The first-order valence-corrected chi connectivity index (χ1v) is 6.63. The Bertz CT molecular complexity index is 406. The first-order valence-electron chi connectivity index (χ1n) is 6.63. The summed E-state index contributed by atoms with van der Waals surface area (Å²) in [5, 5.41) is 3.19. The van der Waals surface area contributed by atoms with Crippen LogP contribution in [0.2, 0.25) is 0 Å². The second-order valence-corrected chi connectivity index (χ2v) is 5.43. The van der Waals surface area contributed by atoms with Crippen molar-refractivity contribution >= 4 is 24.2 Å². The van der Waals surface area contributed by atoms with E-state index in [1.54, 1.807) is 4.90 Å². The van der Waals surface area contributed by atoms with E-state index in [0.717, 1.165) is 4.90 Å². The third kappa shape index (κ3) is 4.74. The fourth-order valence-corrected chi connectivity index (χ4v) is 2.70. The summed E-state index contributed by atoms with van der Waals surface area (Å²) in [6.07, 6.45) is -4.54. The van der Waals surface area contributed by atoms with Crippen molar-refractivity contribution < 1.29 is 22.8 Å². The van der Waals surface area contributed by atoms with Gasteiger partial charge in [-0.2, -0.15) is 13.2 Å². The van der Waals surface area contributed by atoms with Gasteiger partial charge in [0.15, 0.2) is 0 Å². The molecule has 9 heteroatoms. The predicted molar refractivity (Wildman–Crippen MR) is 72.0 cm³/mol. The third-order valence-corrected chi connectivity index (χ3v) is 3.61. The first kappa shape index (κ1) is 18.0. The van der Waals surface area contributed by atoms with Crippen molar-refractivity contribution in [3.63, 3.8) is 0 Å². The minimum atomic E-state index is -4.42. The van der Waals surface area contributed by atoms with Crippen LogP contribution in [0.15, 0.2) is 0 Å². The van der Waals surface area contributed by atoms with Crippen LogP contribution in [0.3, 0.4) is 0 Å². The molecule has 0 bridgehead atoms. The number of piperazine rings is 1. The van der Waals surface area contributed by atoms with Gasteiger partial charge in [0.1, 0.15) is 6.54 Å². The van der Waals surface area contributed by atoms with E-state index in [1.165, 1.54) is 0 Å². The average molecular weight is 330 g/mol. The number of hydrogen-bond donors (Lipinski definition) is 1. The highest BCUT2D eigenvalue weighted by Crippen LogP contribution is 2.25. The number of carbonyl (C=O) groups excluding carboxylic acids is 2. The monoisotopic (exact) mass is 329 g/mol. The highest BCUT2D eigenvalue weighted by Gasteiger charge is 2.41. The van der Waals surface area contributed by atoms with Crippen molar-refractivity contribution in [2.45, 2.75) is 25.6 Å². The fourth-order valence-electron chi connectivity index (χ4n) is 2.70. The van der Waals surface area contributed by atoms with E-state index in [1.807, 2.05) is 6.92 Å². The highest BCUT2D eigenvalue weighted by molar-refractivity contribution is 5.89. The maximum atomic E-state index is 12.3. The van der Waals surface area contributed by atoms with E-state index in [2.05, 4.69) is 5.32 Å². The van der Waals surface area contributed by atoms with Crippen LogP contribution in [0, 0.1) is 5.92 Å². The van der Waals surface area contributed by atoms with Gasteiger partial charge in [-0.05, 0) is 6.92 Å². The minimum absolute atomic E-state index is 0. The Hall–Kier alpha value is -1.02. The van der Waals surface area contributed by atoms with Crippen LogP contribution in [0.4, 0.5) is 13.2 Å². The second kappa shape index (κ2) is 6.83. The molecule has 2 saturated heterocycles. The molecular weight excluding hydrogens is 311 g/mol. The summed E-state index contributed by atoms with van der Waals surface area (Å²) < 4.78 is 37.0. The molecule has 0 aromatic rings. The van der Waals surface area contributed by atoms with E-state index in [-0.39, 0.29) is 37.3 Å². The Morgan fingerprint density at radius 2 is 2.05 bits per heavy atom. The lowest BCUT2D eigenvalue weighted by atomic mass is 10.1. The molecule has 2 heterocycles. The Balaban J connectivity index is 0.00000220. The van der Waals surface area contributed by atoms with Crippen LogP contribution in [-0.2, 0) is 9.59 Å². The smallest absolute Gasteiger partial charge is 0.340 e. The summed E-state index contributed by atoms with van der Waals surface area (Å²) in [4.78, 5) is 26.2. The number of carbonyl (C=O) groups is 2. The molecule has 2 atom stereocenters. The molecule has 2 amide bonds. The quantitative estimate of drug-likeness (QED) is 0.809. The van der Waals surface area contributed by atoms with E-state index in [0.29, 0.717) is 19.6 Å². The Morgan fingerprint density at radius 3 is 2.62 bits per heavy atom. The molecule has 122 valence electrons. The van der Waals surface area contributed by atoms with Gasteiger partial charge in [-0.1, -0.05) is 0 Å². The number of rotatable bonds is 2. The Kier molecular flexibility index (Phi) is 5.86. The topological polar surface area (TPSA) is 52.7 Å². The second-order valence-electron chi connectivity index (χ2n) is 5.43. The van der Waals surface area contributed by atoms with Gasteiger partial charge in [-0.25, -0.2) is 0 Å². The number of amides is 2. The maximum absolute atomic E-state index is 12.3. The number of nitrogens with zero attached hydrogens (tertiary/aromatic N) is 2. The lowest BCUT2D eigenvalue weighted by Crippen LogP contribution is -2.53. The van der Waals surface area contributed by atoms with Crippen LogP contribution in [0.1, 0.15) is 13.3 Å². The molecule has 0 aromatic carbocycles. The number of alkyl halides is 3. The zero-order chi connectivity index (χ0) is 14.9. The van der Waals surface area contributed by atoms with Crippen LogP contribution in [-0.4, -0.2) is 66.6 Å². The van der Waals surface area contributed by atoms with Gasteiger partial charge in [-0.3, -0.25) is 9.59 Å². The van der Waals surface area contributed by atoms with Crippen molar-refractivity contribution in [1.82, 2.24) is 15.1 Å². The first-order chi connectivity index (χ1) is 9.26. The summed E-state index contributed by atoms with van der Waals surface area (Å²) in [5.74, 6) is -1.45. The molecular formula is C12H19ClF3N3O2. The number of hydrogen-bond acceptors (Lipinski definition) is 3. The van der Waals surface area contributed by atoms with Gasteiger partial charge in [0, 0.05) is 38.6 Å².